The summed E-state index contributed by atoms with van der Waals surface area (Å²) >= 11 is 0. The Balaban J connectivity index is 1.40. The maximum absolute atomic E-state index is 12.9. The molecule has 1 fully saturated rings. The minimum absolute atomic E-state index is 0.0779. The second kappa shape index (κ2) is 7.62. The van der Waals surface area contributed by atoms with E-state index in [-0.39, 0.29) is 5.91 Å². The fourth-order valence-electron chi connectivity index (χ4n) is 3.42. The van der Waals surface area contributed by atoms with E-state index >= 15 is 0 Å². The number of hydrogen-bond donors (Lipinski definition) is 0. The molecule has 0 radical (unpaired) electrons. The van der Waals surface area contributed by atoms with Crippen molar-refractivity contribution in [2.24, 2.45) is 0 Å². The molecule has 0 N–H and O–H groups in total. The SMILES string of the molecule is O=C(c1ccc(-n2ccnc2)cc1)N1CCN(c2cccc(C(F)(F)F)c2)CC1. The van der Waals surface area contributed by atoms with Crippen molar-refractivity contribution in [3.63, 3.8) is 0 Å². The van der Waals surface area contributed by atoms with Gasteiger partial charge in [0.1, 0.15) is 0 Å². The van der Waals surface area contributed by atoms with Gasteiger partial charge >= 0.3 is 6.18 Å². The van der Waals surface area contributed by atoms with Gasteiger partial charge in [-0.2, -0.15) is 13.2 Å². The van der Waals surface area contributed by atoms with Gasteiger partial charge in [-0.3, -0.25) is 4.79 Å². The normalized spacial score (nSPS) is 14.9. The van der Waals surface area contributed by atoms with Gasteiger partial charge in [-0.05, 0) is 42.5 Å². The van der Waals surface area contributed by atoms with E-state index in [2.05, 4.69) is 4.98 Å². The second-order valence-corrected chi connectivity index (χ2v) is 6.84. The van der Waals surface area contributed by atoms with E-state index in [9.17, 15) is 18.0 Å². The number of halogens is 3. The van der Waals surface area contributed by atoms with Gasteiger partial charge in [0, 0.05) is 55.5 Å². The summed E-state index contributed by atoms with van der Waals surface area (Å²) in [6, 6.07) is 12.6. The Morgan fingerprint density at radius 1 is 0.931 bits per heavy atom. The summed E-state index contributed by atoms with van der Waals surface area (Å²) in [5.74, 6) is -0.0779. The fraction of sp³-hybridized carbons (Fsp3) is 0.238. The maximum atomic E-state index is 12.9. The lowest BCUT2D eigenvalue weighted by molar-refractivity contribution is -0.137. The first-order valence-corrected chi connectivity index (χ1v) is 9.22. The highest BCUT2D eigenvalue weighted by molar-refractivity contribution is 5.94. The van der Waals surface area contributed by atoms with E-state index in [1.54, 1.807) is 35.6 Å². The molecule has 5 nitrogen and oxygen atoms in total. The minimum atomic E-state index is -4.36. The molecule has 1 saturated heterocycles. The van der Waals surface area contributed by atoms with Crippen LogP contribution in [0.4, 0.5) is 18.9 Å². The first kappa shape index (κ1) is 19.0. The monoisotopic (exact) mass is 400 g/mol. The van der Waals surface area contributed by atoms with Crippen molar-refractivity contribution in [2.75, 3.05) is 31.1 Å². The lowest BCUT2D eigenvalue weighted by Gasteiger charge is -2.36. The molecule has 0 atom stereocenters. The summed E-state index contributed by atoms with van der Waals surface area (Å²) in [6.45, 7) is 1.89. The molecule has 3 aromatic rings. The first-order chi connectivity index (χ1) is 13.9. The zero-order valence-electron chi connectivity index (χ0n) is 15.5. The highest BCUT2D eigenvalue weighted by Crippen LogP contribution is 2.32. The molecule has 8 heteroatoms. The quantitative estimate of drug-likeness (QED) is 0.671. The minimum Gasteiger partial charge on any atom is -0.368 e. The number of piperazine rings is 1. The molecule has 1 aliphatic heterocycles. The molecule has 150 valence electrons. The van der Waals surface area contributed by atoms with Gasteiger partial charge in [0.2, 0.25) is 0 Å². The number of imidazole rings is 1. The van der Waals surface area contributed by atoms with Crippen LogP contribution in [0, 0.1) is 0 Å². The van der Waals surface area contributed by atoms with E-state index in [0.717, 1.165) is 17.8 Å². The van der Waals surface area contributed by atoms with E-state index in [1.807, 2.05) is 27.8 Å². The molecule has 0 spiro atoms. The predicted molar refractivity (Wildman–Crippen MR) is 103 cm³/mol. The Morgan fingerprint density at radius 3 is 2.28 bits per heavy atom. The van der Waals surface area contributed by atoms with Gasteiger partial charge < -0.3 is 14.4 Å². The lowest BCUT2D eigenvalue weighted by Crippen LogP contribution is -2.48. The highest BCUT2D eigenvalue weighted by atomic mass is 19.4. The molecule has 1 amide bonds. The molecular weight excluding hydrogens is 381 g/mol. The van der Waals surface area contributed by atoms with Gasteiger partial charge in [-0.25, -0.2) is 4.98 Å². The van der Waals surface area contributed by atoms with Gasteiger partial charge in [0.25, 0.3) is 5.91 Å². The average molecular weight is 400 g/mol. The van der Waals surface area contributed by atoms with Crippen molar-refractivity contribution < 1.29 is 18.0 Å². The number of rotatable bonds is 3. The van der Waals surface area contributed by atoms with E-state index in [0.29, 0.717) is 37.4 Å². The third-order valence-electron chi connectivity index (χ3n) is 5.02. The summed E-state index contributed by atoms with van der Waals surface area (Å²) in [6.07, 6.45) is 0.827. The third kappa shape index (κ3) is 4.11. The van der Waals surface area contributed by atoms with Crippen molar-refractivity contribution in [3.05, 3.63) is 78.4 Å². The van der Waals surface area contributed by atoms with Crippen LogP contribution in [0.3, 0.4) is 0 Å². The van der Waals surface area contributed by atoms with E-state index in [1.165, 1.54) is 6.07 Å². The summed E-state index contributed by atoms with van der Waals surface area (Å²) in [5, 5.41) is 0. The number of aromatic nitrogens is 2. The Hall–Kier alpha value is -3.29. The standard InChI is InChI=1S/C21H19F3N4O/c22-21(23,24)17-2-1-3-19(14-17)26-10-12-27(13-11-26)20(29)16-4-6-18(7-5-16)28-9-8-25-15-28/h1-9,14-15H,10-13H2. The van der Waals surface area contributed by atoms with Crippen LogP contribution in [0.15, 0.2) is 67.3 Å². The molecule has 4 rings (SSSR count). The Morgan fingerprint density at radius 2 is 1.66 bits per heavy atom. The van der Waals surface area contributed by atoms with Gasteiger partial charge in [-0.15, -0.1) is 0 Å². The molecule has 2 heterocycles. The Bertz CT molecular complexity index is 976. The van der Waals surface area contributed by atoms with Crippen LogP contribution in [-0.4, -0.2) is 46.5 Å². The first-order valence-electron chi connectivity index (χ1n) is 9.22. The maximum Gasteiger partial charge on any atom is 0.416 e. The molecular formula is C21H19F3N4O. The van der Waals surface area contributed by atoms with Crippen molar-refractivity contribution in [1.29, 1.82) is 0 Å². The van der Waals surface area contributed by atoms with Crippen LogP contribution in [0.1, 0.15) is 15.9 Å². The number of hydrogen-bond acceptors (Lipinski definition) is 3. The van der Waals surface area contributed by atoms with Crippen LogP contribution in [0.5, 0.6) is 0 Å². The number of amides is 1. The van der Waals surface area contributed by atoms with Gasteiger partial charge in [-0.1, -0.05) is 6.07 Å². The number of carbonyl (C=O) groups excluding carboxylic acids is 1. The van der Waals surface area contributed by atoms with Crippen molar-refractivity contribution >= 4 is 11.6 Å². The number of benzene rings is 2. The van der Waals surface area contributed by atoms with Gasteiger partial charge in [0.15, 0.2) is 0 Å². The molecule has 29 heavy (non-hydrogen) atoms. The van der Waals surface area contributed by atoms with Crippen molar-refractivity contribution in [2.45, 2.75) is 6.18 Å². The zero-order chi connectivity index (χ0) is 20.4. The molecule has 0 saturated carbocycles. The number of alkyl halides is 3. The highest BCUT2D eigenvalue weighted by Gasteiger charge is 2.31. The molecule has 1 aliphatic rings. The van der Waals surface area contributed by atoms with Crippen LogP contribution >= 0.6 is 0 Å². The van der Waals surface area contributed by atoms with Crippen LogP contribution in [-0.2, 0) is 6.18 Å². The molecule has 0 aliphatic carbocycles. The van der Waals surface area contributed by atoms with Crippen LogP contribution in [0.25, 0.3) is 5.69 Å². The summed E-state index contributed by atoms with van der Waals surface area (Å²) < 4.78 is 40.6. The number of carbonyl (C=O) groups is 1. The van der Waals surface area contributed by atoms with Gasteiger partial charge in [0.05, 0.1) is 11.9 Å². The lowest BCUT2D eigenvalue weighted by atomic mass is 10.1. The predicted octanol–water partition coefficient (Wildman–Crippen LogP) is 3.85. The zero-order valence-corrected chi connectivity index (χ0v) is 15.5. The van der Waals surface area contributed by atoms with Crippen molar-refractivity contribution in [3.8, 4) is 5.69 Å². The van der Waals surface area contributed by atoms with Crippen LogP contribution in [0.2, 0.25) is 0 Å². The summed E-state index contributed by atoms with van der Waals surface area (Å²) in [4.78, 5) is 20.4. The smallest absolute Gasteiger partial charge is 0.368 e. The Labute approximate surface area is 166 Å². The topological polar surface area (TPSA) is 41.4 Å². The second-order valence-electron chi connectivity index (χ2n) is 6.84. The molecule has 0 bridgehead atoms. The van der Waals surface area contributed by atoms with Crippen molar-refractivity contribution in [1.82, 2.24) is 14.5 Å². The number of anilines is 1. The largest absolute Gasteiger partial charge is 0.416 e. The molecule has 1 aromatic heterocycles. The van der Waals surface area contributed by atoms with E-state index in [4.69, 9.17) is 0 Å². The van der Waals surface area contributed by atoms with Crippen LogP contribution < -0.4 is 4.90 Å². The fourth-order valence-corrected chi connectivity index (χ4v) is 3.42. The summed E-state index contributed by atoms with van der Waals surface area (Å²) in [7, 11) is 0. The third-order valence-corrected chi connectivity index (χ3v) is 5.02. The number of nitrogens with zero attached hydrogens (tertiary/aromatic N) is 4. The summed E-state index contributed by atoms with van der Waals surface area (Å²) in [5.41, 5.74) is 1.36. The Kier molecular flexibility index (Phi) is 5.00. The van der Waals surface area contributed by atoms with E-state index < -0.39 is 11.7 Å². The molecule has 2 aromatic carbocycles. The molecule has 0 unspecified atom stereocenters. The average Bonchev–Trinajstić information content (AvgIpc) is 3.28.